The van der Waals surface area contributed by atoms with Crippen LogP contribution in [-0.4, -0.2) is 82.9 Å². The molecule has 1 amide bonds. The molecular weight excluding hydrogens is 713 g/mol. The third-order valence-corrected chi connectivity index (χ3v) is 10.6. The molecule has 3 aromatic rings. The number of carbonyl (C=O) groups excluding carboxylic acids is 1. The van der Waals surface area contributed by atoms with Crippen molar-refractivity contribution in [2.45, 2.75) is 70.4 Å². The number of rotatable bonds is 7. The van der Waals surface area contributed by atoms with Crippen molar-refractivity contribution in [1.82, 2.24) is 19.8 Å². The first-order valence-electron chi connectivity index (χ1n) is 14.5. The van der Waals surface area contributed by atoms with E-state index in [2.05, 4.69) is 73.6 Å². The van der Waals surface area contributed by atoms with E-state index in [1.165, 1.54) is 6.42 Å². The predicted molar refractivity (Wildman–Crippen MR) is 174 cm³/mol. The summed E-state index contributed by atoms with van der Waals surface area (Å²) < 4.78 is 20.3. The van der Waals surface area contributed by atoms with Gasteiger partial charge >= 0.3 is 12.1 Å². The van der Waals surface area contributed by atoms with Gasteiger partial charge in [-0.05, 0) is 104 Å². The number of halogens is 2. The monoisotopic (exact) mass is 749 g/mol. The SMILES string of the molecule is CN1CCC[C@H]1COc1nc(N2C[C@@H]3C[C@H]2CN3C(=O)OC(C)(C)C)c2cc(I)c(Br)c(OCc3ccccc3)c2n1. The molecule has 0 radical (unpaired) electrons. The van der Waals surface area contributed by atoms with Gasteiger partial charge in [-0.3, -0.25) is 0 Å². The average Bonchev–Trinajstić information content (AvgIpc) is 3.68. The highest BCUT2D eigenvalue weighted by molar-refractivity contribution is 14.1. The van der Waals surface area contributed by atoms with Gasteiger partial charge in [-0.15, -0.1) is 0 Å². The number of likely N-dealkylation sites (tertiary alicyclic amines) is 2. The van der Waals surface area contributed by atoms with Gasteiger partial charge in [0.25, 0.3) is 0 Å². The van der Waals surface area contributed by atoms with Crippen molar-refractivity contribution in [3.63, 3.8) is 0 Å². The molecule has 2 bridgehead atoms. The maximum Gasteiger partial charge on any atom is 0.410 e. The number of hydrogen-bond donors (Lipinski definition) is 0. The second-order valence-electron chi connectivity index (χ2n) is 12.4. The Balaban J connectivity index is 1.35. The van der Waals surface area contributed by atoms with Crippen LogP contribution in [0.15, 0.2) is 40.9 Å². The summed E-state index contributed by atoms with van der Waals surface area (Å²) in [6.07, 6.45) is 2.89. The number of aromatic nitrogens is 2. The van der Waals surface area contributed by atoms with E-state index in [1.807, 2.05) is 43.9 Å². The van der Waals surface area contributed by atoms with Crippen LogP contribution in [0.2, 0.25) is 0 Å². The van der Waals surface area contributed by atoms with E-state index in [1.54, 1.807) is 0 Å². The molecule has 9 nitrogen and oxygen atoms in total. The molecule has 3 aliphatic rings. The number of nitrogens with zero attached hydrogens (tertiary/aromatic N) is 5. The zero-order chi connectivity index (χ0) is 29.6. The first kappa shape index (κ1) is 29.7. The smallest absolute Gasteiger partial charge is 0.410 e. The van der Waals surface area contributed by atoms with E-state index >= 15 is 0 Å². The van der Waals surface area contributed by atoms with Crippen LogP contribution in [0.3, 0.4) is 0 Å². The van der Waals surface area contributed by atoms with E-state index in [-0.39, 0.29) is 18.2 Å². The molecule has 0 unspecified atom stereocenters. The largest absolute Gasteiger partial charge is 0.485 e. The van der Waals surface area contributed by atoms with Gasteiger partial charge < -0.3 is 28.9 Å². The fourth-order valence-corrected chi connectivity index (χ4v) is 7.10. The average molecular weight is 750 g/mol. The summed E-state index contributed by atoms with van der Waals surface area (Å²) in [6, 6.07) is 13.1. The number of piperazine rings is 1. The van der Waals surface area contributed by atoms with Crippen LogP contribution in [0.25, 0.3) is 10.9 Å². The summed E-state index contributed by atoms with van der Waals surface area (Å²) in [5.74, 6) is 1.49. The lowest BCUT2D eigenvalue weighted by atomic mass is 10.2. The van der Waals surface area contributed by atoms with Crippen molar-refractivity contribution in [3.8, 4) is 11.8 Å². The summed E-state index contributed by atoms with van der Waals surface area (Å²) in [4.78, 5) is 29.4. The topological polar surface area (TPSA) is 80.3 Å². The molecular formula is C31H37BrIN5O4. The van der Waals surface area contributed by atoms with Crippen molar-refractivity contribution in [2.75, 3.05) is 38.2 Å². The molecule has 3 fully saturated rings. The van der Waals surface area contributed by atoms with Crippen LogP contribution in [0.5, 0.6) is 11.8 Å². The van der Waals surface area contributed by atoms with Crippen molar-refractivity contribution in [3.05, 3.63) is 50.0 Å². The number of likely N-dealkylation sites (N-methyl/N-ethyl adjacent to an activating group) is 1. The minimum atomic E-state index is -0.526. The minimum absolute atomic E-state index is 0.0645. The fraction of sp³-hybridized carbons (Fsp3) is 0.516. The Morgan fingerprint density at radius 2 is 1.90 bits per heavy atom. The highest BCUT2D eigenvalue weighted by Crippen LogP contribution is 2.43. The first-order valence-corrected chi connectivity index (χ1v) is 16.4. The van der Waals surface area contributed by atoms with Crippen molar-refractivity contribution >= 4 is 61.3 Å². The second-order valence-corrected chi connectivity index (χ2v) is 14.4. The normalized spacial score (nSPS) is 22.3. The Kier molecular flexibility index (Phi) is 8.45. The predicted octanol–water partition coefficient (Wildman–Crippen LogP) is 6.25. The Labute approximate surface area is 269 Å². The van der Waals surface area contributed by atoms with Crippen LogP contribution in [0.1, 0.15) is 45.6 Å². The summed E-state index contributed by atoms with van der Waals surface area (Å²) in [7, 11) is 2.14. The number of ether oxygens (including phenoxy) is 3. The quantitative estimate of drug-likeness (QED) is 0.263. The van der Waals surface area contributed by atoms with Crippen LogP contribution in [0.4, 0.5) is 10.6 Å². The van der Waals surface area contributed by atoms with E-state index in [4.69, 9.17) is 24.2 Å². The van der Waals surface area contributed by atoms with Crippen LogP contribution >= 0.6 is 38.5 Å². The van der Waals surface area contributed by atoms with E-state index in [0.29, 0.717) is 49.6 Å². The molecule has 1 aromatic heterocycles. The van der Waals surface area contributed by atoms with Gasteiger partial charge in [0.1, 0.15) is 30.1 Å². The lowest BCUT2D eigenvalue weighted by Gasteiger charge is -2.36. The summed E-state index contributed by atoms with van der Waals surface area (Å²) in [5.41, 5.74) is 1.26. The van der Waals surface area contributed by atoms with Crippen LogP contribution in [0, 0.1) is 3.57 Å². The van der Waals surface area contributed by atoms with Gasteiger partial charge in [0, 0.05) is 28.1 Å². The van der Waals surface area contributed by atoms with Gasteiger partial charge in [-0.25, -0.2) is 4.79 Å². The van der Waals surface area contributed by atoms with Crippen LogP contribution < -0.4 is 14.4 Å². The maximum atomic E-state index is 12.9. The second kappa shape index (κ2) is 12.0. The summed E-state index contributed by atoms with van der Waals surface area (Å²) in [5, 5.41) is 0.910. The standard InChI is InChI=1S/C31H37BrIN5O4/c1-31(2,3)42-30(39)38-16-21-13-22(38)15-37(21)28-23-14-24(33)25(32)27(40-17-19-9-6-5-7-10-19)26(23)34-29(35-28)41-18-20-11-8-12-36(20)4/h5-7,9-10,14,20-22H,8,11-13,15-18H2,1-4H3/t20-,21-,22-/m0/s1. The molecule has 2 aromatic carbocycles. The molecule has 42 heavy (non-hydrogen) atoms. The number of amides is 1. The van der Waals surface area contributed by atoms with Gasteiger partial charge in [-0.1, -0.05) is 30.3 Å². The van der Waals surface area contributed by atoms with Crippen molar-refractivity contribution < 1.29 is 19.0 Å². The highest BCUT2D eigenvalue weighted by atomic mass is 127. The molecule has 3 atom stereocenters. The molecule has 0 spiro atoms. The summed E-state index contributed by atoms with van der Waals surface area (Å²) >= 11 is 6.10. The van der Waals surface area contributed by atoms with Gasteiger partial charge in [0.05, 0.1) is 16.6 Å². The molecule has 0 saturated carbocycles. The molecule has 3 saturated heterocycles. The Bertz CT molecular complexity index is 1470. The van der Waals surface area contributed by atoms with Gasteiger partial charge in [-0.2, -0.15) is 9.97 Å². The van der Waals surface area contributed by atoms with E-state index < -0.39 is 5.60 Å². The number of hydrogen-bond acceptors (Lipinski definition) is 8. The molecule has 224 valence electrons. The Morgan fingerprint density at radius 3 is 2.57 bits per heavy atom. The van der Waals surface area contributed by atoms with Gasteiger partial charge in [0.15, 0.2) is 5.75 Å². The Hall–Kier alpha value is -2.38. The number of carbonyl (C=O) groups is 1. The van der Waals surface area contributed by atoms with Crippen molar-refractivity contribution in [2.24, 2.45) is 0 Å². The maximum absolute atomic E-state index is 12.9. The minimum Gasteiger partial charge on any atom is -0.485 e. The third kappa shape index (κ3) is 6.14. The third-order valence-electron chi connectivity index (χ3n) is 8.24. The zero-order valence-corrected chi connectivity index (χ0v) is 28.2. The molecule has 0 N–H and O–H groups in total. The van der Waals surface area contributed by atoms with Crippen LogP contribution in [-0.2, 0) is 11.3 Å². The van der Waals surface area contributed by atoms with E-state index in [0.717, 1.165) is 44.2 Å². The molecule has 6 rings (SSSR count). The lowest BCUT2D eigenvalue weighted by molar-refractivity contribution is 0.0214. The summed E-state index contributed by atoms with van der Waals surface area (Å²) in [6.45, 7) is 9.00. The number of anilines is 1. The Morgan fingerprint density at radius 1 is 1.12 bits per heavy atom. The molecule has 11 heteroatoms. The zero-order valence-electron chi connectivity index (χ0n) is 24.5. The number of fused-ring (bicyclic) bond motifs is 3. The first-order chi connectivity index (χ1) is 20.1. The fourth-order valence-electron chi connectivity index (χ4n) is 6.12. The highest BCUT2D eigenvalue weighted by Gasteiger charge is 2.47. The molecule has 0 aliphatic carbocycles. The van der Waals surface area contributed by atoms with Crippen molar-refractivity contribution in [1.29, 1.82) is 0 Å². The van der Waals surface area contributed by atoms with E-state index in [9.17, 15) is 4.79 Å². The molecule has 3 aliphatic heterocycles. The number of benzene rings is 2. The van der Waals surface area contributed by atoms with Gasteiger partial charge in [0.2, 0.25) is 0 Å². The molecule has 4 heterocycles. The lowest BCUT2D eigenvalue weighted by Crippen LogP contribution is -2.50.